The predicted octanol–water partition coefficient (Wildman–Crippen LogP) is 3.16. The molecular formula is C17H20F3NO3. The zero-order valence-corrected chi connectivity index (χ0v) is 13.6. The zero-order chi connectivity index (χ0) is 17.9. The molecule has 2 aromatic rings. The van der Waals surface area contributed by atoms with Crippen molar-refractivity contribution >= 4 is 11.0 Å². The van der Waals surface area contributed by atoms with Crippen LogP contribution in [0.15, 0.2) is 27.4 Å². The minimum absolute atomic E-state index is 0.0376. The van der Waals surface area contributed by atoms with Crippen LogP contribution in [0.25, 0.3) is 11.0 Å². The van der Waals surface area contributed by atoms with Gasteiger partial charge in [0, 0.05) is 31.1 Å². The van der Waals surface area contributed by atoms with Gasteiger partial charge < -0.3 is 9.52 Å². The number of hydrogen-bond acceptors (Lipinski definition) is 4. The van der Waals surface area contributed by atoms with E-state index in [-0.39, 0.29) is 26.1 Å². The molecule has 0 fully saturated rings. The number of aryl methyl sites for hydroxylation is 2. The molecule has 1 aromatic carbocycles. The second-order valence-electron chi connectivity index (χ2n) is 5.88. The van der Waals surface area contributed by atoms with Crippen molar-refractivity contribution in [1.29, 1.82) is 0 Å². The molecule has 0 aliphatic heterocycles. The summed E-state index contributed by atoms with van der Waals surface area (Å²) in [6, 6.07) is 4.84. The number of rotatable bonds is 6. The molecule has 0 aliphatic rings. The summed E-state index contributed by atoms with van der Waals surface area (Å²) in [5.74, 6) is 0. The van der Waals surface area contributed by atoms with Crippen molar-refractivity contribution in [1.82, 2.24) is 4.90 Å². The Morgan fingerprint density at radius 2 is 1.96 bits per heavy atom. The van der Waals surface area contributed by atoms with Crippen LogP contribution in [0.3, 0.4) is 0 Å². The van der Waals surface area contributed by atoms with Crippen LogP contribution in [0.4, 0.5) is 13.2 Å². The molecule has 7 heteroatoms. The van der Waals surface area contributed by atoms with E-state index in [1.165, 1.54) is 11.0 Å². The van der Waals surface area contributed by atoms with Gasteiger partial charge in [0.1, 0.15) is 5.58 Å². The second-order valence-corrected chi connectivity index (χ2v) is 5.88. The SMILES string of the molecule is Cc1ccc2c(CN(CCCO)CC(F)(F)F)cc(=O)oc2c1C. The normalized spacial score (nSPS) is 12.3. The fourth-order valence-electron chi connectivity index (χ4n) is 2.66. The third-order valence-corrected chi connectivity index (χ3v) is 3.95. The van der Waals surface area contributed by atoms with Crippen LogP contribution in [-0.4, -0.2) is 35.9 Å². The molecule has 24 heavy (non-hydrogen) atoms. The van der Waals surface area contributed by atoms with Gasteiger partial charge in [-0.3, -0.25) is 4.90 Å². The molecule has 0 aliphatic carbocycles. The molecule has 0 spiro atoms. The van der Waals surface area contributed by atoms with Crippen LogP contribution < -0.4 is 5.63 Å². The van der Waals surface area contributed by atoms with Crippen molar-refractivity contribution in [3.05, 3.63) is 45.3 Å². The summed E-state index contributed by atoms with van der Waals surface area (Å²) < 4.78 is 43.5. The Hall–Kier alpha value is -1.86. The number of halogens is 3. The van der Waals surface area contributed by atoms with Gasteiger partial charge in [-0.25, -0.2) is 4.79 Å². The van der Waals surface area contributed by atoms with Gasteiger partial charge in [0.15, 0.2) is 0 Å². The van der Waals surface area contributed by atoms with E-state index in [4.69, 9.17) is 9.52 Å². The lowest BCUT2D eigenvalue weighted by Gasteiger charge is -2.24. The third-order valence-electron chi connectivity index (χ3n) is 3.95. The first kappa shape index (κ1) is 18.5. The molecule has 132 valence electrons. The maximum Gasteiger partial charge on any atom is 0.401 e. The van der Waals surface area contributed by atoms with Crippen molar-refractivity contribution in [3.63, 3.8) is 0 Å². The van der Waals surface area contributed by atoms with Crippen molar-refractivity contribution in [3.8, 4) is 0 Å². The smallest absolute Gasteiger partial charge is 0.401 e. The molecule has 1 N–H and O–H groups in total. The maximum absolute atomic E-state index is 12.8. The van der Waals surface area contributed by atoms with Crippen molar-refractivity contribution in [2.75, 3.05) is 19.7 Å². The predicted molar refractivity (Wildman–Crippen MR) is 85.0 cm³/mol. The molecule has 0 atom stereocenters. The van der Waals surface area contributed by atoms with E-state index in [0.717, 1.165) is 11.1 Å². The van der Waals surface area contributed by atoms with Gasteiger partial charge in [-0.05, 0) is 37.0 Å². The van der Waals surface area contributed by atoms with E-state index in [0.29, 0.717) is 16.5 Å². The second kappa shape index (κ2) is 7.36. The number of benzene rings is 1. The number of aliphatic hydroxyl groups is 1. The average molecular weight is 343 g/mol. The lowest BCUT2D eigenvalue weighted by atomic mass is 10.0. The molecule has 0 radical (unpaired) electrons. The summed E-state index contributed by atoms with van der Waals surface area (Å²) >= 11 is 0. The molecule has 1 heterocycles. The molecule has 1 aromatic heterocycles. The Morgan fingerprint density at radius 1 is 1.25 bits per heavy atom. The third kappa shape index (κ3) is 4.58. The molecule has 4 nitrogen and oxygen atoms in total. The molecular weight excluding hydrogens is 323 g/mol. The fourth-order valence-corrected chi connectivity index (χ4v) is 2.66. The average Bonchev–Trinajstić information content (AvgIpc) is 2.47. The molecule has 0 saturated heterocycles. The minimum atomic E-state index is -4.35. The van der Waals surface area contributed by atoms with Crippen LogP contribution in [0.2, 0.25) is 0 Å². The van der Waals surface area contributed by atoms with E-state index < -0.39 is 18.3 Å². The number of nitrogens with zero attached hydrogens (tertiary/aromatic N) is 1. The number of fused-ring (bicyclic) bond motifs is 1. The highest BCUT2D eigenvalue weighted by Crippen LogP contribution is 2.25. The van der Waals surface area contributed by atoms with E-state index >= 15 is 0 Å². The summed E-state index contributed by atoms with van der Waals surface area (Å²) in [7, 11) is 0. The van der Waals surface area contributed by atoms with Gasteiger partial charge in [0.05, 0.1) is 6.54 Å². The van der Waals surface area contributed by atoms with E-state index in [1.807, 2.05) is 19.9 Å². The maximum atomic E-state index is 12.8. The summed E-state index contributed by atoms with van der Waals surface area (Å²) in [6.07, 6.45) is -4.12. The Balaban J connectivity index is 2.42. The Morgan fingerprint density at radius 3 is 2.58 bits per heavy atom. The van der Waals surface area contributed by atoms with Gasteiger partial charge in [-0.2, -0.15) is 13.2 Å². The van der Waals surface area contributed by atoms with Crippen molar-refractivity contribution in [2.24, 2.45) is 0 Å². The first-order valence-electron chi connectivity index (χ1n) is 7.64. The van der Waals surface area contributed by atoms with Gasteiger partial charge in [0.2, 0.25) is 0 Å². The van der Waals surface area contributed by atoms with Crippen LogP contribution in [0.5, 0.6) is 0 Å². The van der Waals surface area contributed by atoms with E-state index in [1.54, 1.807) is 6.07 Å². The highest BCUT2D eigenvalue weighted by molar-refractivity contribution is 5.83. The molecule has 0 saturated carbocycles. The Kier molecular flexibility index (Phi) is 5.66. The molecule has 2 rings (SSSR count). The standard InChI is InChI=1S/C17H20F3NO3/c1-11-4-5-14-13(8-15(23)24-16(14)12(11)2)9-21(6-3-7-22)10-17(18,19)20/h4-5,8,22H,3,6-7,9-10H2,1-2H3. The fraction of sp³-hybridized carbons (Fsp3) is 0.471. The van der Waals surface area contributed by atoms with Gasteiger partial charge >= 0.3 is 11.8 Å². The van der Waals surface area contributed by atoms with Crippen LogP contribution >= 0.6 is 0 Å². The molecule has 0 unspecified atom stereocenters. The van der Waals surface area contributed by atoms with E-state index in [9.17, 15) is 18.0 Å². The summed E-state index contributed by atoms with van der Waals surface area (Å²) in [5.41, 5.74) is 2.05. The zero-order valence-electron chi connectivity index (χ0n) is 13.6. The first-order chi connectivity index (χ1) is 11.2. The highest BCUT2D eigenvalue weighted by Gasteiger charge is 2.30. The lowest BCUT2D eigenvalue weighted by Crippen LogP contribution is -2.35. The monoisotopic (exact) mass is 343 g/mol. The molecule has 0 bridgehead atoms. The van der Waals surface area contributed by atoms with Crippen molar-refractivity contribution < 1.29 is 22.7 Å². The van der Waals surface area contributed by atoms with Gasteiger partial charge in [0.25, 0.3) is 0 Å². The lowest BCUT2D eigenvalue weighted by molar-refractivity contribution is -0.147. The number of aliphatic hydroxyl groups excluding tert-OH is 1. The summed E-state index contributed by atoms with van der Waals surface area (Å²) in [5, 5.41) is 9.52. The Labute approximate surface area is 137 Å². The molecule has 0 amide bonds. The Bertz CT molecular complexity index is 768. The van der Waals surface area contributed by atoms with Crippen molar-refractivity contribution in [2.45, 2.75) is 33.0 Å². The van der Waals surface area contributed by atoms with E-state index in [2.05, 4.69) is 0 Å². The highest BCUT2D eigenvalue weighted by atomic mass is 19.4. The largest absolute Gasteiger partial charge is 0.422 e. The minimum Gasteiger partial charge on any atom is -0.422 e. The summed E-state index contributed by atoms with van der Waals surface area (Å²) in [6.45, 7) is 2.44. The number of hydrogen-bond donors (Lipinski definition) is 1. The van der Waals surface area contributed by atoms with Gasteiger partial charge in [-0.15, -0.1) is 0 Å². The van der Waals surface area contributed by atoms with Crippen LogP contribution in [-0.2, 0) is 6.54 Å². The number of alkyl halides is 3. The quantitative estimate of drug-likeness (QED) is 0.819. The van der Waals surface area contributed by atoms with Gasteiger partial charge in [-0.1, -0.05) is 12.1 Å². The first-order valence-corrected chi connectivity index (χ1v) is 7.64. The summed E-state index contributed by atoms with van der Waals surface area (Å²) in [4.78, 5) is 13.0. The van der Waals surface area contributed by atoms with Crippen LogP contribution in [0, 0.1) is 13.8 Å². The van der Waals surface area contributed by atoms with Crippen LogP contribution in [0.1, 0.15) is 23.1 Å². The topological polar surface area (TPSA) is 53.7 Å².